The van der Waals surface area contributed by atoms with E-state index in [1.165, 1.54) is 24.3 Å². The van der Waals surface area contributed by atoms with Gasteiger partial charge in [-0.3, -0.25) is 24.5 Å². The molecule has 0 radical (unpaired) electrons. The van der Waals surface area contributed by atoms with Crippen LogP contribution in [-0.4, -0.2) is 190 Å². The fourth-order valence-corrected chi connectivity index (χ4v) is 13.9. The standard InChI is InChI=1S/C26H21F4NO3.C23H26BFO4.C9H7ClF3NO.C8H18O2Si.C6H3ClF3N.C5H10O2.C5H9O2.CH4O.CH3.2BrH.ClH.2Mg/c27-19-7-1-16(2-8-19)11-23(32)24(14-34-15-24)18-5-3-17(4-6-18)20-13-31-22(26(28,29)30)12-21(20)25(33)9-10-25;1-21(2)22(3,4)29-24(28-21)18-9-7-17(8-10-18)23(14-27-15-23)20(26)13-16-5-11-19(25)12-6-16;10-6-4-14-7(9(11,12)13)3-5(6)8(15)1-2-8;1-5-9-8(6-7-8)10-11(2,3)4;7-4-1-2-5(11-3-4)6(8,9)10;2*1-2-7-5(6)3-4-5;1-2;;;;;;/h1-8,12-13,33H,9-11,14-15H2;5-12H,13-15H2,1-4H3;3-4,15H,1-2H2;5-7H2,1-4H3;1-3H;6H,2-4H2,1H3;2-4H2,1H3;2H,1H3;1H3;3*1H;;/q;;;;;;-1;;-1;;;;2*+2/p-2. The number of carbonyl (C=O) groups is 2. The molecule has 666 valence electrons. The van der Waals surface area contributed by atoms with Crippen LogP contribution in [0.5, 0.6) is 0 Å². The van der Waals surface area contributed by atoms with Gasteiger partial charge in [-0.15, -0.1) is 12.4 Å². The molecule has 122 heavy (non-hydrogen) atoms. The predicted molar refractivity (Wildman–Crippen MR) is 438 cm³/mol. The Morgan fingerprint density at radius 3 is 1.23 bits per heavy atom. The third-order valence-corrected chi connectivity index (χ3v) is 21.8. The Hall–Kier alpha value is -3.98. The average molecular weight is 1960 g/mol. The van der Waals surface area contributed by atoms with Gasteiger partial charge in [-0.25, -0.2) is 8.78 Å². The number of pyridine rings is 3. The molecular formula is C84H102BBr2Cl3F11Mg2N3O15Si. The third-order valence-electron chi connectivity index (χ3n) is 20.3. The van der Waals surface area contributed by atoms with Gasteiger partial charge in [0.05, 0.1) is 58.9 Å². The number of alkyl halides is 9. The maximum Gasteiger partial charge on any atom is 2.00 e. The van der Waals surface area contributed by atoms with E-state index < -0.39 is 95.9 Å². The van der Waals surface area contributed by atoms with Crippen LogP contribution in [0.1, 0.15) is 163 Å². The van der Waals surface area contributed by atoms with Crippen LogP contribution in [0.2, 0.25) is 29.7 Å². The second kappa shape index (κ2) is 46.5. The van der Waals surface area contributed by atoms with Gasteiger partial charge in [0.1, 0.15) is 39.5 Å². The molecule has 3 aliphatic heterocycles. The molecule has 8 fully saturated rings. The van der Waals surface area contributed by atoms with Crippen molar-refractivity contribution >= 4 is 114 Å². The summed E-state index contributed by atoms with van der Waals surface area (Å²) >= 11 is 11.0. The van der Waals surface area contributed by atoms with Gasteiger partial charge >= 0.3 is 71.8 Å². The van der Waals surface area contributed by atoms with Crippen LogP contribution in [0.3, 0.4) is 0 Å². The fraction of sp³-hybridized carbons (Fsp3) is 0.500. The Labute approximate surface area is 776 Å². The van der Waals surface area contributed by atoms with Gasteiger partial charge in [0.2, 0.25) is 0 Å². The summed E-state index contributed by atoms with van der Waals surface area (Å²) < 4.78 is 182. The zero-order valence-electron chi connectivity index (χ0n) is 69.9. The monoisotopic (exact) mass is 1950 g/mol. The van der Waals surface area contributed by atoms with Crippen LogP contribution < -0.4 is 44.5 Å². The molecule has 0 spiro atoms. The van der Waals surface area contributed by atoms with E-state index in [0.717, 1.165) is 104 Å². The number of aromatic nitrogens is 3. The first-order valence-electron chi connectivity index (χ1n) is 37.8. The minimum absolute atomic E-state index is 0. The number of aliphatic hydroxyl groups is 4. The Balaban J connectivity index is 0.000000514. The minimum atomic E-state index is -4.61. The molecule has 6 heterocycles. The quantitative estimate of drug-likeness (QED) is 0.0240. The van der Waals surface area contributed by atoms with Gasteiger partial charge < -0.3 is 104 Å². The summed E-state index contributed by atoms with van der Waals surface area (Å²) in [4.78, 5) is 36.1. The molecule has 0 amide bonds. The van der Waals surface area contributed by atoms with E-state index in [2.05, 4.69) is 34.6 Å². The van der Waals surface area contributed by atoms with Gasteiger partial charge in [0, 0.05) is 95.2 Å². The van der Waals surface area contributed by atoms with E-state index in [0.29, 0.717) is 81.6 Å². The SMILES string of the molecule is CC1(C)OB(c2ccc(C3(C(=O)Cc4ccc(F)cc4)COC3)cc2)OC1(C)C.CCOC1(O)CC1.CCOC1(O[Si](C)(C)C)CC1.CCOC1([O-])CC1.CO.Cl.FC(F)(F)c1ccc(Cl)cn1.O=C(Cc1ccc(F)cc1)C1(c2ccc(-c3cnc(C(F)(F)F)cc3C3(O)CC3)cc2)COC1.OC1(c2cc(C(F)(F)F)ncc2Cl)CC1.[Br-].[Br-].[CH3-].[Mg+2].[Mg+2]. The van der Waals surface area contributed by atoms with Crippen molar-refractivity contribution in [2.75, 3.05) is 53.4 Å². The van der Waals surface area contributed by atoms with Gasteiger partial charge in [-0.1, -0.05) is 96.0 Å². The molecule has 3 saturated heterocycles. The van der Waals surface area contributed by atoms with Crippen LogP contribution in [0.15, 0.2) is 140 Å². The molecule has 15 rings (SSSR count). The molecule has 0 unspecified atom stereocenters. The van der Waals surface area contributed by atoms with E-state index in [-0.39, 0.29) is 176 Å². The number of ketones is 2. The van der Waals surface area contributed by atoms with Crippen molar-refractivity contribution in [3.05, 3.63) is 219 Å². The normalized spacial score (nSPS) is 18.5. The number of carbonyl (C=O) groups excluding carboxylic acids is 2. The van der Waals surface area contributed by atoms with Crippen LogP contribution in [0.25, 0.3) is 11.1 Å². The van der Waals surface area contributed by atoms with E-state index in [1.807, 2.05) is 72.7 Å². The number of hydrogen-bond acceptors (Lipinski definition) is 18. The summed E-state index contributed by atoms with van der Waals surface area (Å²) in [6.45, 7) is 23.6. The predicted octanol–water partition coefficient (Wildman–Crippen LogP) is 10.1. The van der Waals surface area contributed by atoms with Crippen LogP contribution in [-0.2, 0) is 100 Å². The maximum absolute atomic E-state index is 13.2. The first-order chi connectivity index (χ1) is 54.1. The van der Waals surface area contributed by atoms with Crippen LogP contribution in [0.4, 0.5) is 48.3 Å². The van der Waals surface area contributed by atoms with E-state index in [9.17, 15) is 73.2 Å². The summed E-state index contributed by atoms with van der Waals surface area (Å²) in [7, 11) is -0.825. The number of aliphatic hydroxyl groups excluding tert-OH is 1. The Morgan fingerprint density at radius 2 is 0.910 bits per heavy atom. The number of rotatable bonds is 20. The average Bonchev–Trinajstić information content (AvgIpc) is 1.51. The molecule has 4 N–H and O–H groups in total. The third kappa shape index (κ3) is 31.7. The maximum atomic E-state index is 13.2. The molecule has 38 heteroatoms. The van der Waals surface area contributed by atoms with Crippen LogP contribution in [0, 0.1) is 19.1 Å². The number of halogens is 16. The summed E-state index contributed by atoms with van der Waals surface area (Å²) in [5.74, 6) is -2.45. The van der Waals surface area contributed by atoms with Gasteiger partial charge in [-0.05, 0) is 200 Å². The first kappa shape index (κ1) is 114. The molecule has 3 aromatic heterocycles. The van der Waals surface area contributed by atoms with E-state index in [1.54, 1.807) is 48.5 Å². The van der Waals surface area contributed by atoms with Crippen molar-refractivity contribution in [3.8, 4) is 11.1 Å². The van der Waals surface area contributed by atoms with Crippen molar-refractivity contribution in [1.29, 1.82) is 0 Å². The Kier molecular flexibility index (Phi) is 43.5. The topological polar surface area (TPSA) is 251 Å². The van der Waals surface area contributed by atoms with Crippen molar-refractivity contribution in [1.82, 2.24) is 15.0 Å². The van der Waals surface area contributed by atoms with E-state index >= 15 is 0 Å². The number of benzene rings is 4. The van der Waals surface area contributed by atoms with Crippen molar-refractivity contribution in [2.45, 2.75) is 214 Å². The second-order valence-electron chi connectivity index (χ2n) is 31.3. The number of hydrogen-bond donors (Lipinski definition) is 4. The molecule has 5 aliphatic carbocycles. The van der Waals surface area contributed by atoms with Crippen molar-refractivity contribution < 1.29 is 155 Å². The zero-order valence-corrected chi connectivity index (χ0v) is 79.2. The Morgan fingerprint density at radius 1 is 0.525 bits per heavy atom. The molecule has 0 bridgehead atoms. The number of ether oxygens (including phenoxy) is 5. The van der Waals surface area contributed by atoms with E-state index in [4.69, 9.17) is 70.8 Å². The van der Waals surface area contributed by atoms with Crippen LogP contribution >= 0.6 is 35.6 Å². The fourth-order valence-electron chi connectivity index (χ4n) is 12.1. The molecule has 4 aromatic carbocycles. The second-order valence-corrected chi connectivity index (χ2v) is 36.5. The molecular weight excluding hydrogens is 1850 g/mol. The van der Waals surface area contributed by atoms with Crippen molar-refractivity contribution in [2.24, 2.45) is 0 Å². The summed E-state index contributed by atoms with van der Waals surface area (Å²) in [5.41, 5.74) is -2.30. The number of Topliss-reactive ketones (excluding diaryl/α,β-unsaturated/α-hetero) is 2. The van der Waals surface area contributed by atoms with Crippen molar-refractivity contribution in [3.63, 3.8) is 0 Å². The number of nitrogens with zero attached hydrogens (tertiary/aromatic N) is 3. The van der Waals surface area contributed by atoms with Gasteiger partial charge in [-0.2, -0.15) is 39.5 Å². The smallest absolute Gasteiger partial charge is 1.00 e. The molecule has 7 aromatic rings. The van der Waals surface area contributed by atoms with Gasteiger partial charge in [0.15, 0.2) is 31.5 Å². The van der Waals surface area contributed by atoms with Gasteiger partial charge in [0.25, 0.3) is 0 Å². The summed E-state index contributed by atoms with van der Waals surface area (Å²) in [6, 6.07) is 30.4. The summed E-state index contributed by atoms with van der Waals surface area (Å²) in [6.07, 6.45) is -3.20. The molecule has 0 atom stereocenters. The molecule has 18 nitrogen and oxygen atoms in total. The minimum Gasteiger partial charge on any atom is -1.00 e. The molecule has 5 saturated carbocycles. The summed E-state index contributed by atoms with van der Waals surface area (Å²) in [5, 5.41) is 47.1. The zero-order chi connectivity index (χ0) is 85.9. The largest absolute Gasteiger partial charge is 2.00 e. The first-order valence-corrected chi connectivity index (χ1v) is 42.0. The molecule has 8 aliphatic rings. The Bertz CT molecular complexity index is 4380.